The maximum Gasteiger partial charge on any atom is 0.227 e. The standard InChI is InChI=1S/C15H14NO2.ClH/c1-12(17)14-8-5-9-16(10-14)11-15(18)13-6-3-2-4-7-13;/h2-10H,11H2,1H3;1H/q+1;/p-1. The van der Waals surface area contributed by atoms with Gasteiger partial charge in [-0.1, -0.05) is 30.3 Å². The minimum Gasteiger partial charge on any atom is -1.00 e. The van der Waals surface area contributed by atoms with Gasteiger partial charge < -0.3 is 12.4 Å². The van der Waals surface area contributed by atoms with Crippen LogP contribution >= 0.6 is 0 Å². The van der Waals surface area contributed by atoms with E-state index in [1.807, 2.05) is 18.2 Å². The summed E-state index contributed by atoms with van der Waals surface area (Å²) in [5.41, 5.74) is 1.29. The molecule has 3 nitrogen and oxygen atoms in total. The van der Waals surface area contributed by atoms with E-state index in [9.17, 15) is 9.59 Å². The van der Waals surface area contributed by atoms with Gasteiger partial charge in [-0.3, -0.25) is 9.59 Å². The van der Waals surface area contributed by atoms with E-state index in [1.54, 1.807) is 41.2 Å². The number of aromatic nitrogens is 1. The molecule has 0 saturated heterocycles. The monoisotopic (exact) mass is 275 g/mol. The van der Waals surface area contributed by atoms with E-state index in [0.717, 1.165) is 0 Å². The number of Topliss-reactive ketones (excluding diaryl/α,β-unsaturated/α-hetero) is 2. The van der Waals surface area contributed by atoms with Crippen molar-refractivity contribution in [3.8, 4) is 0 Å². The van der Waals surface area contributed by atoms with Gasteiger partial charge in [0, 0.05) is 11.6 Å². The molecule has 4 heteroatoms. The van der Waals surface area contributed by atoms with Crippen molar-refractivity contribution in [1.82, 2.24) is 0 Å². The van der Waals surface area contributed by atoms with Gasteiger partial charge in [0.2, 0.25) is 12.3 Å². The first-order chi connectivity index (χ1) is 8.66. The van der Waals surface area contributed by atoms with E-state index in [2.05, 4.69) is 0 Å². The van der Waals surface area contributed by atoms with E-state index in [0.29, 0.717) is 11.1 Å². The quantitative estimate of drug-likeness (QED) is 0.534. The van der Waals surface area contributed by atoms with Crippen LogP contribution in [-0.4, -0.2) is 11.6 Å². The molecule has 0 aliphatic rings. The minimum absolute atomic E-state index is 0. The maximum atomic E-state index is 12.0. The smallest absolute Gasteiger partial charge is 0.227 e. The van der Waals surface area contributed by atoms with Crippen LogP contribution in [0.2, 0.25) is 0 Å². The van der Waals surface area contributed by atoms with Crippen LogP contribution < -0.4 is 17.0 Å². The number of hydrogen-bond donors (Lipinski definition) is 0. The van der Waals surface area contributed by atoms with Gasteiger partial charge in [-0.2, -0.15) is 4.57 Å². The van der Waals surface area contributed by atoms with Gasteiger partial charge in [0.15, 0.2) is 18.2 Å². The highest BCUT2D eigenvalue weighted by Crippen LogP contribution is 2.00. The topological polar surface area (TPSA) is 38.0 Å². The molecule has 0 atom stereocenters. The lowest BCUT2D eigenvalue weighted by atomic mass is 10.1. The molecule has 19 heavy (non-hydrogen) atoms. The second kappa shape index (κ2) is 6.81. The first-order valence-corrected chi connectivity index (χ1v) is 5.75. The normalized spacial score (nSPS) is 9.53. The van der Waals surface area contributed by atoms with Crippen LogP contribution in [0.25, 0.3) is 0 Å². The van der Waals surface area contributed by atoms with Gasteiger partial charge in [-0.15, -0.1) is 0 Å². The highest BCUT2D eigenvalue weighted by atomic mass is 35.5. The van der Waals surface area contributed by atoms with Gasteiger partial charge in [0.1, 0.15) is 0 Å². The lowest BCUT2D eigenvalue weighted by molar-refractivity contribution is -0.683. The Morgan fingerprint density at radius 1 is 1.00 bits per heavy atom. The second-order valence-electron chi connectivity index (χ2n) is 4.11. The number of carbonyl (C=O) groups excluding carboxylic acids is 2. The molecule has 0 unspecified atom stereocenters. The molecule has 1 aromatic carbocycles. The third kappa shape index (κ3) is 4.00. The summed E-state index contributed by atoms with van der Waals surface area (Å²) >= 11 is 0. The largest absolute Gasteiger partial charge is 1.00 e. The number of ketones is 2. The third-order valence-corrected chi connectivity index (χ3v) is 2.69. The van der Waals surface area contributed by atoms with Crippen LogP contribution in [0.5, 0.6) is 0 Å². The van der Waals surface area contributed by atoms with Crippen molar-refractivity contribution >= 4 is 11.6 Å². The van der Waals surface area contributed by atoms with Crippen LogP contribution in [0.15, 0.2) is 54.9 Å². The van der Waals surface area contributed by atoms with Gasteiger partial charge >= 0.3 is 0 Å². The van der Waals surface area contributed by atoms with Crippen LogP contribution in [-0.2, 0) is 6.54 Å². The van der Waals surface area contributed by atoms with Gasteiger partial charge in [0.05, 0.1) is 5.56 Å². The summed E-state index contributed by atoms with van der Waals surface area (Å²) in [6.45, 7) is 1.75. The van der Waals surface area contributed by atoms with Crippen LogP contribution in [0, 0.1) is 0 Å². The number of nitrogens with zero attached hydrogens (tertiary/aromatic N) is 1. The molecular formula is C15H14ClNO2. The summed E-state index contributed by atoms with van der Waals surface area (Å²) in [4.78, 5) is 23.2. The summed E-state index contributed by atoms with van der Waals surface area (Å²) in [6.07, 6.45) is 3.48. The van der Waals surface area contributed by atoms with Crippen molar-refractivity contribution in [2.75, 3.05) is 0 Å². The van der Waals surface area contributed by atoms with Crippen molar-refractivity contribution in [2.45, 2.75) is 13.5 Å². The average Bonchev–Trinajstić information content (AvgIpc) is 2.40. The lowest BCUT2D eigenvalue weighted by Gasteiger charge is -1.99. The predicted molar refractivity (Wildman–Crippen MR) is 67.4 cm³/mol. The fraction of sp³-hybridized carbons (Fsp3) is 0.133. The molecule has 2 aromatic rings. The Bertz CT molecular complexity index is 582. The van der Waals surface area contributed by atoms with Gasteiger partial charge in [-0.05, 0) is 13.0 Å². The highest BCUT2D eigenvalue weighted by Gasteiger charge is 2.13. The fourth-order valence-corrected chi connectivity index (χ4v) is 1.71. The predicted octanol–water partition coefficient (Wildman–Crippen LogP) is -0.936. The minimum atomic E-state index is -0.00323. The molecule has 0 aliphatic carbocycles. The first-order valence-electron chi connectivity index (χ1n) is 5.75. The van der Waals surface area contributed by atoms with E-state index in [-0.39, 0.29) is 30.5 Å². The van der Waals surface area contributed by atoms with E-state index in [1.165, 1.54) is 6.92 Å². The SMILES string of the molecule is CC(=O)c1ccc[n+](CC(=O)c2ccccc2)c1.[Cl-]. The second-order valence-corrected chi connectivity index (χ2v) is 4.11. The average molecular weight is 276 g/mol. The molecule has 0 saturated carbocycles. The molecule has 0 radical (unpaired) electrons. The van der Waals surface area contributed by atoms with Gasteiger partial charge in [0.25, 0.3) is 0 Å². The molecule has 0 spiro atoms. The number of pyridine rings is 1. The molecule has 2 rings (SSSR count). The summed E-state index contributed by atoms with van der Waals surface area (Å²) in [5, 5.41) is 0. The number of hydrogen-bond acceptors (Lipinski definition) is 2. The van der Waals surface area contributed by atoms with E-state index < -0.39 is 0 Å². The summed E-state index contributed by atoms with van der Waals surface area (Å²) < 4.78 is 1.73. The third-order valence-electron chi connectivity index (χ3n) is 2.69. The Kier molecular flexibility index (Phi) is 5.39. The van der Waals surface area contributed by atoms with Crippen molar-refractivity contribution in [2.24, 2.45) is 0 Å². The van der Waals surface area contributed by atoms with Crippen LogP contribution in [0.3, 0.4) is 0 Å². The number of carbonyl (C=O) groups is 2. The zero-order valence-electron chi connectivity index (χ0n) is 10.5. The van der Waals surface area contributed by atoms with E-state index >= 15 is 0 Å². The molecule has 1 heterocycles. The molecule has 0 aliphatic heterocycles. The summed E-state index contributed by atoms with van der Waals surface area (Å²) in [5.74, 6) is 0.0258. The fourth-order valence-electron chi connectivity index (χ4n) is 1.71. The molecule has 0 amide bonds. The molecular weight excluding hydrogens is 262 g/mol. The first kappa shape index (κ1) is 15.1. The molecule has 1 aromatic heterocycles. The number of halogens is 1. The van der Waals surface area contributed by atoms with E-state index in [4.69, 9.17) is 0 Å². The lowest BCUT2D eigenvalue weighted by Crippen LogP contribution is -3.00. The summed E-state index contributed by atoms with van der Waals surface area (Å²) in [6, 6.07) is 12.6. The van der Waals surface area contributed by atoms with Crippen LogP contribution in [0.4, 0.5) is 0 Å². The molecule has 0 fully saturated rings. The Morgan fingerprint density at radius 2 is 1.63 bits per heavy atom. The molecule has 0 N–H and O–H groups in total. The maximum absolute atomic E-state index is 12.0. The number of rotatable bonds is 4. The summed E-state index contributed by atoms with van der Waals surface area (Å²) in [7, 11) is 0. The zero-order chi connectivity index (χ0) is 13.0. The zero-order valence-corrected chi connectivity index (χ0v) is 11.3. The van der Waals surface area contributed by atoms with Crippen molar-refractivity contribution in [3.63, 3.8) is 0 Å². The highest BCUT2D eigenvalue weighted by molar-refractivity contribution is 5.95. The van der Waals surface area contributed by atoms with Gasteiger partial charge in [-0.25, -0.2) is 0 Å². The Balaban J connectivity index is 0.00000180. The Hall–Kier alpha value is -2.00. The Labute approximate surface area is 118 Å². The van der Waals surface area contributed by atoms with Crippen molar-refractivity contribution in [1.29, 1.82) is 0 Å². The molecule has 98 valence electrons. The number of benzene rings is 1. The molecule has 0 bridgehead atoms. The van der Waals surface area contributed by atoms with Crippen LogP contribution in [0.1, 0.15) is 27.6 Å². The Morgan fingerprint density at radius 3 is 2.26 bits per heavy atom. The van der Waals surface area contributed by atoms with Crippen molar-refractivity contribution < 1.29 is 26.6 Å². The van der Waals surface area contributed by atoms with Crippen molar-refractivity contribution in [3.05, 3.63) is 66.0 Å².